The van der Waals surface area contributed by atoms with E-state index in [1.807, 2.05) is 13.0 Å². The molecule has 0 aliphatic rings. The van der Waals surface area contributed by atoms with Crippen molar-refractivity contribution in [3.8, 4) is 6.07 Å². The molecule has 0 unspecified atom stereocenters. The molecule has 1 aromatic rings. The molecule has 1 heterocycles. The summed E-state index contributed by atoms with van der Waals surface area (Å²) in [4.78, 5) is 4.00. The van der Waals surface area contributed by atoms with Gasteiger partial charge >= 0.3 is 0 Å². The monoisotopic (exact) mass is 138 g/mol. The molecular formula is C6H6N2S. The van der Waals surface area contributed by atoms with Gasteiger partial charge in [0.1, 0.15) is 6.07 Å². The zero-order valence-electron chi connectivity index (χ0n) is 5.09. The number of rotatable bonds is 1. The van der Waals surface area contributed by atoms with Crippen LogP contribution in [0, 0.1) is 11.3 Å². The van der Waals surface area contributed by atoms with Crippen molar-refractivity contribution >= 4 is 11.3 Å². The fraction of sp³-hybridized carbons (Fsp3) is 0.333. The number of hydrogen-bond donors (Lipinski definition) is 0. The molecule has 0 bridgehead atoms. The van der Waals surface area contributed by atoms with Gasteiger partial charge in [-0.3, -0.25) is 0 Å². The van der Waals surface area contributed by atoms with Crippen LogP contribution in [0.5, 0.6) is 0 Å². The van der Waals surface area contributed by atoms with Gasteiger partial charge in [0.25, 0.3) is 0 Å². The minimum atomic E-state index is 0.539. The Labute approximate surface area is 57.8 Å². The number of thiazole rings is 1. The zero-order valence-corrected chi connectivity index (χ0v) is 5.90. The van der Waals surface area contributed by atoms with Crippen LogP contribution in [0.4, 0.5) is 0 Å². The van der Waals surface area contributed by atoms with Crippen molar-refractivity contribution in [1.82, 2.24) is 4.98 Å². The first-order valence-corrected chi connectivity index (χ1v) is 3.59. The van der Waals surface area contributed by atoms with Crippen molar-refractivity contribution in [3.63, 3.8) is 0 Å². The summed E-state index contributed by atoms with van der Waals surface area (Å²) in [6, 6.07) is 1.98. The average molecular weight is 138 g/mol. The van der Waals surface area contributed by atoms with E-state index in [1.165, 1.54) is 0 Å². The maximum atomic E-state index is 8.34. The molecule has 0 saturated carbocycles. The van der Waals surface area contributed by atoms with Crippen molar-refractivity contribution in [2.45, 2.75) is 13.3 Å². The third-order valence-corrected chi connectivity index (χ3v) is 1.96. The summed E-state index contributed by atoms with van der Waals surface area (Å²) < 4.78 is 0. The molecule has 0 spiro atoms. The molecule has 0 radical (unpaired) electrons. The first-order chi connectivity index (χ1) is 4.36. The molecule has 3 heteroatoms. The first-order valence-electron chi connectivity index (χ1n) is 2.71. The summed E-state index contributed by atoms with van der Waals surface area (Å²) in [6.07, 6.45) is 0.923. The number of hydrogen-bond acceptors (Lipinski definition) is 3. The quantitative estimate of drug-likeness (QED) is 0.590. The summed E-state index contributed by atoms with van der Waals surface area (Å²) in [5, 5.41) is 11.2. The molecule has 0 aliphatic carbocycles. The van der Waals surface area contributed by atoms with Gasteiger partial charge in [-0.15, -0.1) is 11.3 Å². The second kappa shape index (κ2) is 2.60. The Balaban J connectivity index is 2.90. The largest absolute Gasteiger partial charge is 0.231 e. The van der Waals surface area contributed by atoms with E-state index >= 15 is 0 Å². The van der Waals surface area contributed by atoms with E-state index in [2.05, 4.69) is 4.98 Å². The molecule has 2 nitrogen and oxygen atoms in total. The van der Waals surface area contributed by atoms with Gasteiger partial charge in [0.15, 0.2) is 5.69 Å². The lowest BCUT2D eigenvalue weighted by Gasteiger charge is -1.78. The number of aromatic nitrogens is 1. The van der Waals surface area contributed by atoms with Crippen LogP contribution in [-0.4, -0.2) is 4.98 Å². The molecule has 1 rings (SSSR count). The summed E-state index contributed by atoms with van der Waals surface area (Å²) in [7, 11) is 0. The van der Waals surface area contributed by atoms with Gasteiger partial charge in [-0.05, 0) is 6.42 Å². The third-order valence-electron chi connectivity index (χ3n) is 0.969. The van der Waals surface area contributed by atoms with E-state index in [0.29, 0.717) is 5.69 Å². The second-order valence-corrected chi connectivity index (χ2v) is 2.53. The highest BCUT2D eigenvalue weighted by Crippen LogP contribution is 2.08. The second-order valence-electron chi connectivity index (χ2n) is 1.59. The minimum Gasteiger partial charge on any atom is -0.231 e. The standard InChI is InChI=1S/C6H6N2S/c1-2-6-8-5(3-7)4-9-6/h4H,2H2,1H3. The molecule has 0 atom stereocenters. The number of nitrogens with zero attached hydrogens (tertiary/aromatic N) is 2. The molecular weight excluding hydrogens is 132 g/mol. The zero-order chi connectivity index (χ0) is 6.69. The molecule has 0 fully saturated rings. The lowest BCUT2D eigenvalue weighted by atomic mass is 10.5. The lowest BCUT2D eigenvalue weighted by Crippen LogP contribution is -1.76. The lowest BCUT2D eigenvalue weighted by molar-refractivity contribution is 1.08. The topological polar surface area (TPSA) is 36.7 Å². The molecule has 9 heavy (non-hydrogen) atoms. The van der Waals surface area contributed by atoms with Gasteiger partial charge in [-0.25, -0.2) is 4.98 Å². The van der Waals surface area contributed by atoms with E-state index in [1.54, 1.807) is 16.7 Å². The predicted octanol–water partition coefficient (Wildman–Crippen LogP) is 1.58. The van der Waals surface area contributed by atoms with Crippen LogP contribution < -0.4 is 0 Å². The van der Waals surface area contributed by atoms with Crippen LogP contribution in [0.15, 0.2) is 5.38 Å². The van der Waals surface area contributed by atoms with E-state index in [-0.39, 0.29) is 0 Å². The molecule has 1 aromatic heterocycles. The van der Waals surface area contributed by atoms with Gasteiger partial charge in [0.2, 0.25) is 0 Å². The Morgan fingerprint density at radius 1 is 1.89 bits per heavy atom. The number of aryl methyl sites for hydroxylation is 1. The minimum absolute atomic E-state index is 0.539. The van der Waals surface area contributed by atoms with E-state index in [0.717, 1.165) is 11.4 Å². The van der Waals surface area contributed by atoms with Crippen LogP contribution in [-0.2, 0) is 6.42 Å². The van der Waals surface area contributed by atoms with Gasteiger partial charge < -0.3 is 0 Å². The van der Waals surface area contributed by atoms with Gasteiger partial charge in [-0.2, -0.15) is 5.26 Å². The summed E-state index contributed by atoms with van der Waals surface area (Å²) in [6.45, 7) is 2.03. The van der Waals surface area contributed by atoms with E-state index < -0.39 is 0 Å². The van der Waals surface area contributed by atoms with Crippen molar-refractivity contribution in [2.75, 3.05) is 0 Å². The van der Waals surface area contributed by atoms with E-state index in [4.69, 9.17) is 5.26 Å². The molecule has 46 valence electrons. The molecule has 0 N–H and O–H groups in total. The summed E-state index contributed by atoms with van der Waals surface area (Å²) in [5.41, 5.74) is 0.539. The highest BCUT2D eigenvalue weighted by atomic mass is 32.1. The Hall–Kier alpha value is -0.880. The predicted molar refractivity (Wildman–Crippen MR) is 36.2 cm³/mol. The normalized spacial score (nSPS) is 8.89. The highest BCUT2D eigenvalue weighted by Gasteiger charge is 1.95. The SMILES string of the molecule is CCc1nc(C#N)cs1. The van der Waals surface area contributed by atoms with Crippen LogP contribution in [0.2, 0.25) is 0 Å². The molecule has 0 aliphatic heterocycles. The molecule has 0 saturated heterocycles. The highest BCUT2D eigenvalue weighted by molar-refractivity contribution is 7.09. The average Bonchev–Trinajstić information content (AvgIpc) is 2.34. The summed E-state index contributed by atoms with van der Waals surface area (Å²) in [5.74, 6) is 0. The smallest absolute Gasteiger partial charge is 0.151 e. The Morgan fingerprint density at radius 3 is 3.00 bits per heavy atom. The third kappa shape index (κ3) is 1.27. The Kier molecular flexibility index (Phi) is 1.81. The maximum absolute atomic E-state index is 8.34. The number of nitriles is 1. The van der Waals surface area contributed by atoms with Crippen molar-refractivity contribution in [1.29, 1.82) is 5.26 Å². The molecule has 0 aromatic carbocycles. The first kappa shape index (κ1) is 6.24. The Morgan fingerprint density at radius 2 is 2.67 bits per heavy atom. The molecule has 0 amide bonds. The van der Waals surface area contributed by atoms with Crippen LogP contribution in [0.25, 0.3) is 0 Å². The van der Waals surface area contributed by atoms with Gasteiger partial charge in [-0.1, -0.05) is 6.92 Å². The maximum Gasteiger partial charge on any atom is 0.151 e. The Bertz CT molecular complexity index is 233. The van der Waals surface area contributed by atoms with Crippen LogP contribution >= 0.6 is 11.3 Å². The van der Waals surface area contributed by atoms with Crippen molar-refractivity contribution in [2.24, 2.45) is 0 Å². The van der Waals surface area contributed by atoms with Crippen molar-refractivity contribution in [3.05, 3.63) is 16.1 Å². The summed E-state index contributed by atoms with van der Waals surface area (Å²) >= 11 is 1.54. The van der Waals surface area contributed by atoms with Crippen LogP contribution in [0.3, 0.4) is 0 Å². The fourth-order valence-corrected chi connectivity index (χ4v) is 1.20. The van der Waals surface area contributed by atoms with E-state index in [9.17, 15) is 0 Å². The van der Waals surface area contributed by atoms with Gasteiger partial charge in [0.05, 0.1) is 5.01 Å². The van der Waals surface area contributed by atoms with Crippen molar-refractivity contribution < 1.29 is 0 Å². The fourth-order valence-electron chi connectivity index (χ4n) is 0.525. The van der Waals surface area contributed by atoms with Gasteiger partial charge in [0, 0.05) is 5.38 Å². The van der Waals surface area contributed by atoms with Crippen LogP contribution in [0.1, 0.15) is 17.6 Å².